The fraction of sp³-hybridized carbons (Fsp3) is 0.357. The summed E-state index contributed by atoms with van der Waals surface area (Å²) in [6, 6.07) is 10.3. The number of fused-ring (bicyclic) bond motifs is 1. The molecule has 2 aromatic rings. The van der Waals surface area contributed by atoms with Crippen LogP contribution in [0.25, 0.3) is 10.8 Å². The van der Waals surface area contributed by atoms with Crippen molar-refractivity contribution in [1.29, 1.82) is 0 Å². The minimum atomic E-state index is 0.904. The molecular weight excluding hydrogens is 210 g/mol. The number of nitrogens with zero attached hydrogens (tertiary/aromatic N) is 1. The maximum absolute atomic E-state index is 4.39. The van der Waals surface area contributed by atoms with Crippen molar-refractivity contribution < 1.29 is 0 Å². The second-order valence-electron chi connectivity index (χ2n) is 4.06. The van der Waals surface area contributed by atoms with Gasteiger partial charge in [0.25, 0.3) is 0 Å². The van der Waals surface area contributed by atoms with E-state index in [-0.39, 0.29) is 0 Å². The summed E-state index contributed by atoms with van der Waals surface area (Å²) in [7, 11) is 0. The third kappa shape index (κ3) is 3.17. The molecule has 0 bridgehead atoms. The summed E-state index contributed by atoms with van der Waals surface area (Å²) in [6.45, 7) is 5.12. The Hall–Kier alpha value is -1.61. The highest BCUT2D eigenvalue weighted by Crippen LogP contribution is 2.19. The fourth-order valence-corrected chi connectivity index (χ4v) is 1.83. The molecule has 0 aliphatic carbocycles. The first kappa shape index (κ1) is 11.9. The highest BCUT2D eigenvalue weighted by Gasteiger charge is 1.99. The highest BCUT2D eigenvalue weighted by molar-refractivity contribution is 5.91. The molecular formula is C14H19N3. The number of nitrogens with one attached hydrogen (secondary N) is 2. The van der Waals surface area contributed by atoms with Gasteiger partial charge in [-0.1, -0.05) is 31.2 Å². The first-order valence-corrected chi connectivity index (χ1v) is 6.20. The average molecular weight is 229 g/mol. The Balaban J connectivity index is 1.98. The molecule has 3 heteroatoms. The maximum atomic E-state index is 4.39. The summed E-state index contributed by atoms with van der Waals surface area (Å²) in [4.78, 5) is 4.39. The normalized spacial score (nSPS) is 10.6. The maximum Gasteiger partial charge on any atom is 0.133 e. The molecule has 0 saturated carbocycles. The zero-order chi connectivity index (χ0) is 11.9. The second-order valence-corrected chi connectivity index (χ2v) is 4.06. The molecule has 90 valence electrons. The molecule has 0 amide bonds. The van der Waals surface area contributed by atoms with Gasteiger partial charge in [-0.05, 0) is 24.4 Å². The summed E-state index contributed by atoms with van der Waals surface area (Å²) in [6.07, 6.45) is 3.02. The van der Waals surface area contributed by atoms with Crippen LogP contribution in [0, 0.1) is 0 Å². The van der Waals surface area contributed by atoms with Crippen molar-refractivity contribution in [3.05, 3.63) is 36.5 Å². The van der Waals surface area contributed by atoms with E-state index in [9.17, 15) is 0 Å². The lowest BCUT2D eigenvalue weighted by molar-refractivity contribution is 0.687. The van der Waals surface area contributed by atoms with E-state index in [1.807, 2.05) is 18.3 Å². The van der Waals surface area contributed by atoms with E-state index in [2.05, 4.69) is 40.7 Å². The van der Waals surface area contributed by atoms with E-state index >= 15 is 0 Å². The predicted octanol–water partition coefficient (Wildman–Crippen LogP) is 2.65. The van der Waals surface area contributed by atoms with E-state index in [1.165, 1.54) is 17.2 Å². The first-order chi connectivity index (χ1) is 8.42. The number of anilines is 1. The quantitative estimate of drug-likeness (QED) is 0.748. The first-order valence-electron chi connectivity index (χ1n) is 6.20. The molecule has 0 unspecified atom stereocenters. The molecule has 17 heavy (non-hydrogen) atoms. The third-order valence-corrected chi connectivity index (χ3v) is 2.69. The van der Waals surface area contributed by atoms with Crippen LogP contribution >= 0.6 is 0 Å². The number of rotatable bonds is 6. The van der Waals surface area contributed by atoms with E-state index < -0.39 is 0 Å². The standard InChI is InChI=1S/C14H19N3/c1-2-8-15-10-11-17-14-13-6-4-3-5-12(13)7-9-16-14/h3-7,9,15H,2,8,10-11H2,1H3,(H,16,17). The van der Waals surface area contributed by atoms with E-state index in [4.69, 9.17) is 0 Å². The molecule has 2 rings (SSSR count). The van der Waals surface area contributed by atoms with Crippen molar-refractivity contribution in [3.63, 3.8) is 0 Å². The summed E-state index contributed by atoms with van der Waals surface area (Å²) >= 11 is 0. The van der Waals surface area contributed by atoms with Crippen molar-refractivity contribution in [1.82, 2.24) is 10.3 Å². The van der Waals surface area contributed by atoms with Crippen LogP contribution in [0.1, 0.15) is 13.3 Å². The molecule has 1 aromatic heterocycles. The van der Waals surface area contributed by atoms with Crippen LogP contribution < -0.4 is 10.6 Å². The number of benzene rings is 1. The van der Waals surface area contributed by atoms with Crippen LogP contribution in [0.3, 0.4) is 0 Å². The molecule has 0 saturated heterocycles. The molecule has 0 fully saturated rings. The number of hydrogen-bond acceptors (Lipinski definition) is 3. The van der Waals surface area contributed by atoms with Crippen LogP contribution in [0.2, 0.25) is 0 Å². The number of pyridine rings is 1. The van der Waals surface area contributed by atoms with Crippen molar-refractivity contribution >= 4 is 16.6 Å². The monoisotopic (exact) mass is 229 g/mol. The van der Waals surface area contributed by atoms with E-state index in [0.29, 0.717) is 0 Å². The molecule has 1 aromatic carbocycles. The zero-order valence-electron chi connectivity index (χ0n) is 10.2. The smallest absolute Gasteiger partial charge is 0.133 e. The third-order valence-electron chi connectivity index (χ3n) is 2.69. The Bertz CT molecular complexity index is 462. The SMILES string of the molecule is CCCNCCNc1nccc2ccccc12. The molecule has 2 N–H and O–H groups in total. The lowest BCUT2D eigenvalue weighted by atomic mass is 10.1. The Morgan fingerprint density at radius 2 is 1.94 bits per heavy atom. The second kappa shape index (κ2) is 6.21. The largest absolute Gasteiger partial charge is 0.368 e. The topological polar surface area (TPSA) is 37.0 Å². The van der Waals surface area contributed by atoms with Gasteiger partial charge < -0.3 is 10.6 Å². The molecule has 0 spiro atoms. The van der Waals surface area contributed by atoms with Gasteiger partial charge in [-0.3, -0.25) is 0 Å². The predicted molar refractivity (Wildman–Crippen MR) is 73.4 cm³/mol. The van der Waals surface area contributed by atoms with Gasteiger partial charge in [0.2, 0.25) is 0 Å². The van der Waals surface area contributed by atoms with Crippen LogP contribution in [0.15, 0.2) is 36.5 Å². The van der Waals surface area contributed by atoms with Crippen molar-refractivity contribution in [2.45, 2.75) is 13.3 Å². The molecule has 0 aliphatic rings. The lowest BCUT2D eigenvalue weighted by Gasteiger charge is -2.08. The van der Waals surface area contributed by atoms with Gasteiger partial charge in [-0.25, -0.2) is 4.98 Å². The average Bonchev–Trinajstić information content (AvgIpc) is 2.39. The van der Waals surface area contributed by atoms with E-state index in [1.54, 1.807) is 0 Å². The summed E-state index contributed by atoms with van der Waals surface area (Å²) in [5, 5.41) is 9.15. The van der Waals surface area contributed by atoms with Gasteiger partial charge in [-0.2, -0.15) is 0 Å². The van der Waals surface area contributed by atoms with Gasteiger partial charge in [0.15, 0.2) is 0 Å². The van der Waals surface area contributed by atoms with Gasteiger partial charge in [0.05, 0.1) is 0 Å². The zero-order valence-corrected chi connectivity index (χ0v) is 10.2. The van der Waals surface area contributed by atoms with Crippen LogP contribution in [0.5, 0.6) is 0 Å². The Morgan fingerprint density at radius 3 is 2.82 bits per heavy atom. The van der Waals surface area contributed by atoms with E-state index in [0.717, 1.165) is 25.5 Å². The fourth-order valence-electron chi connectivity index (χ4n) is 1.83. The number of aromatic nitrogens is 1. The van der Waals surface area contributed by atoms with Gasteiger partial charge in [0.1, 0.15) is 5.82 Å². The van der Waals surface area contributed by atoms with Crippen LogP contribution in [-0.2, 0) is 0 Å². The van der Waals surface area contributed by atoms with Gasteiger partial charge in [0, 0.05) is 24.7 Å². The Labute approximate surface area is 102 Å². The molecule has 0 radical (unpaired) electrons. The Morgan fingerprint density at radius 1 is 1.06 bits per heavy atom. The highest BCUT2D eigenvalue weighted by atomic mass is 15.0. The minimum Gasteiger partial charge on any atom is -0.368 e. The van der Waals surface area contributed by atoms with Crippen LogP contribution in [-0.4, -0.2) is 24.6 Å². The summed E-state index contributed by atoms with van der Waals surface area (Å²) < 4.78 is 0. The van der Waals surface area contributed by atoms with Crippen molar-refractivity contribution in [3.8, 4) is 0 Å². The summed E-state index contributed by atoms with van der Waals surface area (Å²) in [5.74, 6) is 0.974. The molecule has 0 aliphatic heterocycles. The van der Waals surface area contributed by atoms with Crippen LogP contribution in [0.4, 0.5) is 5.82 Å². The minimum absolute atomic E-state index is 0.904. The Kier molecular flexibility index (Phi) is 4.33. The van der Waals surface area contributed by atoms with Crippen molar-refractivity contribution in [2.75, 3.05) is 25.0 Å². The molecule has 1 heterocycles. The lowest BCUT2D eigenvalue weighted by Crippen LogP contribution is -2.23. The summed E-state index contributed by atoms with van der Waals surface area (Å²) in [5.41, 5.74) is 0. The van der Waals surface area contributed by atoms with Gasteiger partial charge in [-0.15, -0.1) is 0 Å². The molecule has 0 atom stereocenters. The van der Waals surface area contributed by atoms with Gasteiger partial charge >= 0.3 is 0 Å². The number of hydrogen-bond donors (Lipinski definition) is 2. The molecule has 3 nitrogen and oxygen atoms in total. The van der Waals surface area contributed by atoms with Crippen molar-refractivity contribution in [2.24, 2.45) is 0 Å².